The van der Waals surface area contributed by atoms with E-state index in [-0.39, 0.29) is 11.5 Å². The Bertz CT molecular complexity index is 1010. The van der Waals surface area contributed by atoms with Gasteiger partial charge in [0.1, 0.15) is 17.3 Å². The number of furan rings is 2. The first-order chi connectivity index (χ1) is 13.7. The summed E-state index contributed by atoms with van der Waals surface area (Å²) in [6.45, 7) is 4.00. The first-order valence-electron chi connectivity index (χ1n) is 9.25. The predicted octanol–water partition coefficient (Wildman–Crippen LogP) is 6.15. The fourth-order valence-electron chi connectivity index (χ4n) is 2.75. The normalized spacial score (nSPS) is 11.4. The molecular weight excluding hydrogens is 352 g/mol. The summed E-state index contributed by atoms with van der Waals surface area (Å²) in [5.74, 6) is 0.907. The smallest absolute Gasteiger partial charge is 0.234 e. The van der Waals surface area contributed by atoms with E-state index in [1.165, 1.54) is 0 Å². The van der Waals surface area contributed by atoms with E-state index >= 15 is 0 Å². The van der Waals surface area contributed by atoms with Gasteiger partial charge in [-0.3, -0.25) is 4.79 Å². The largest absolute Gasteiger partial charge is 0.458 e. The Morgan fingerprint density at radius 2 is 1.21 bits per heavy atom. The van der Waals surface area contributed by atoms with E-state index < -0.39 is 11.9 Å². The van der Waals surface area contributed by atoms with Crippen LogP contribution in [0.4, 0.5) is 0 Å². The lowest BCUT2D eigenvalue weighted by Gasteiger charge is -2.05. The fourth-order valence-corrected chi connectivity index (χ4v) is 2.75. The predicted molar refractivity (Wildman–Crippen MR) is 109 cm³/mol. The van der Waals surface area contributed by atoms with Gasteiger partial charge in [0.2, 0.25) is 5.78 Å². The Morgan fingerprint density at radius 1 is 0.714 bits per heavy atom. The van der Waals surface area contributed by atoms with Gasteiger partial charge in [-0.1, -0.05) is 74.5 Å². The zero-order valence-corrected chi connectivity index (χ0v) is 15.8. The van der Waals surface area contributed by atoms with Crippen molar-refractivity contribution in [2.75, 3.05) is 0 Å². The minimum atomic E-state index is -1.41. The second-order valence-corrected chi connectivity index (χ2v) is 5.86. The molecule has 1 atom stereocenters. The van der Waals surface area contributed by atoms with Gasteiger partial charge in [0.15, 0.2) is 11.9 Å². The highest BCUT2D eigenvalue weighted by Crippen LogP contribution is 2.29. The summed E-state index contributed by atoms with van der Waals surface area (Å²) in [4.78, 5) is 12.5. The average Bonchev–Trinajstić information content (AvgIpc) is 3.46. The number of rotatable bonds is 5. The highest BCUT2D eigenvalue weighted by atomic mass is 16.4. The molecule has 0 aliphatic rings. The van der Waals surface area contributed by atoms with Gasteiger partial charge in [-0.05, 0) is 24.3 Å². The zero-order chi connectivity index (χ0) is 19.9. The molecule has 142 valence electrons. The Kier molecular flexibility index (Phi) is 6.25. The van der Waals surface area contributed by atoms with Crippen LogP contribution in [-0.4, -0.2) is 10.9 Å². The van der Waals surface area contributed by atoms with Gasteiger partial charge in [-0.15, -0.1) is 0 Å². The van der Waals surface area contributed by atoms with Gasteiger partial charge in [0.05, 0.1) is 0 Å². The van der Waals surface area contributed by atoms with Crippen LogP contribution in [-0.2, 0) is 0 Å². The van der Waals surface area contributed by atoms with Crippen LogP contribution >= 0.6 is 0 Å². The lowest BCUT2D eigenvalue weighted by Crippen LogP contribution is -2.10. The van der Waals surface area contributed by atoms with Crippen LogP contribution in [0, 0.1) is 0 Å². The van der Waals surface area contributed by atoms with Gasteiger partial charge in [0, 0.05) is 11.1 Å². The standard InChI is InChI=1S/C22H16O4.C2H6/c23-21(19-13-11-17(25-19)15-7-3-1-4-8-15)22(24)20-14-12-18(26-20)16-9-5-2-6-10-16;1-2/h1-14,21,23H;1-2H3. The van der Waals surface area contributed by atoms with Crippen molar-refractivity contribution < 1.29 is 18.7 Å². The molecule has 2 heterocycles. The van der Waals surface area contributed by atoms with E-state index in [9.17, 15) is 9.90 Å². The Hall–Kier alpha value is -3.37. The van der Waals surface area contributed by atoms with Crippen molar-refractivity contribution in [1.82, 2.24) is 0 Å². The Balaban J connectivity index is 0.00000109. The summed E-state index contributed by atoms with van der Waals surface area (Å²) < 4.78 is 11.3. The van der Waals surface area contributed by atoms with Crippen LogP contribution in [0.1, 0.15) is 36.3 Å². The summed E-state index contributed by atoms with van der Waals surface area (Å²) in [5.41, 5.74) is 1.74. The third-order valence-corrected chi connectivity index (χ3v) is 4.11. The minimum absolute atomic E-state index is 0.0917. The van der Waals surface area contributed by atoms with Crippen LogP contribution in [0.5, 0.6) is 0 Å². The molecule has 4 aromatic rings. The number of carbonyl (C=O) groups excluding carboxylic acids is 1. The maximum absolute atomic E-state index is 12.5. The molecule has 4 nitrogen and oxygen atoms in total. The summed E-state index contributed by atoms with van der Waals surface area (Å²) >= 11 is 0. The zero-order valence-electron chi connectivity index (χ0n) is 15.8. The molecule has 0 bridgehead atoms. The summed E-state index contributed by atoms with van der Waals surface area (Å²) in [6, 6.07) is 25.6. The molecule has 0 saturated carbocycles. The SMILES string of the molecule is CC.O=C(c1ccc(-c2ccccc2)o1)C(O)c1ccc(-c2ccccc2)o1. The van der Waals surface area contributed by atoms with Crippen molar-refractivity contribution in [1.29, 1.82) is 0 Å². The molecule has 0 spiro atoms. The van der Waals surface area contributed by atoms with Crippen LogP contribution in [0.15, 0.2) is 93.8 Å². The first kappa shape index (κ1) is 19.4. The monoisotopic (exact) mass is 374 g/mol. The molecule has 0 fully saturated rings. The topological polar surface area (TPSA) is 63.6 Å². The van der Waals surface area contributed by atoms with Gasteiger partial charge >= 0.3 is 0 Å². The number of ketones is 1. The van der Waals surface area contributed by atoms with Crippen molar-refractivity contribution in [3.05, 3.63) is 96.4 Å². The Labute approximate surface area is 164 Å². The minimum Gasteiger partial charge on any atom is -0.458 e. The van der Waals surface area contributed by atoms with Gasteiger partial charge < -0.3 is 13.9 Å². The van der Waals surface area contributed by atoms with Crippen molar-refractivity contribution in [2.45, 2.75) is 20.0 Å². The number of benzene rings is 2. The van der Waals surface area contributed by atoms with E-state index in [1.807, 2.05) is 74.5 Å². The molecule has 4 rings (SSSR count). The highest BCUT2D eigenvalue weighted by molar-refractivity contribution is 5.97. The summed E-state index contributed by atoms with van der Waals surface area (Å²) in [7, 11) is 0. The van der Waals surface area contributed by atoms with E-state index in [1.54, 1.807) is 24.3 Å². The highest BCUT2D eigenvalue weighted by Gasteiger charge is 2.25. The second-order valence-electron chi connectivity index (χ2n) is 5.86. The van der Waals surface area contributed by atoms with Gasteiger partial charge in [0.25, 0.3) is 0 Å². The number of Topliss-reactive ketones (excluding diaryl/α,β-unsaturated/α-hetero) is 1. The molecule has 0 aliphatic carbocycles. The molecular formula is C24H22O4. The summed E-state index contributed by atoms with van der Waals surface area (Å²) in [5, 5.41) is 10.4. The van der Waals surface area contributed by atoms with Crippen molar-refractivity contribution in [2.24, 2.45) is 0 Å². The van der Waals surface area contributed by atoms with Crippen molar-refractivity contribution in [3.8, 4) is 22.6 Å². The van der Waals surface area contributed by atoms with Gasteiger partial charge in [-0.2, -0.15) is 0 Å². The van der Waals surface area contributed by atoms with Crippen molar-refractivity contribution in [3.63, 3.8) is 0 Å². The van der Waals surface area contributed by atoms with Crippen LogP contribution in [0.3, 0.4) is 0 Å². The molecule has 28 heavy (non-hydrogen) atoms. The summed E-state index contributed by atoms with van der Waals surface area (Å²) in [6.07, 6.45) is -1.41. The quantitative estimate of drug-likeness (QED) is 0.426. The molecule has 2 aromatic heterocycles. The van der Waals surface area contributed by atoms with E-state index in [0.29, 0.717) is 11.5 Å². The lowest BCUT2D eigenvalue weighted by atomic mass is 10.1. The lowest BCUT2D eigenvalue weighted by molar-refractivity contribution is 0.0676. The molecule has 1 N–H and O–H groups in total. The fraction of sp³-hybridized carbons (Fsp3) is 0.125. The Morgan fingerprint density at radius 3 is 1.79 bits per heavy atom. The average molecular weight is 374 g/mol. The molecule has 4 heteroatoms. The molecule has 0 saturated heterocycles. The number of aliphatic hydroxyl groups is 1. The van der Waals surface area contributed by atoms with E-state index in [0.717, 1.165) is 11.1 Å². The van der Waals surface area contributed by atoms with Crippen LogP contribution in [0.2, 0.25) is 0 Å². The molecule has 0 amide bonds. The van der Waals surface area contributed by atoms with E-state index in [4.69, 9.17) is 8.83 Å². The third-order valence-electron chi connectivity index (χ3n) is 4.11. The van der Waals surface area contributed by atoms with E-state index in [2.05, 4.69) is 0 Å². The number of aliphatic hydroxyl groups excluding tert-OH is 1. The molecule has 1 unspecified atom stereocenters. The maximum Gasteiger partial charge on any atom is 0.234 e. The van der Waals surface area contributed by atoms with Gasteiger partial charge in [-0.25, -0.2) is 0 Å². The first-order valence-corrected chi connectivity index (χ1v) is 9.25. The van der Waals surface area contributed by atoms with Crippen LogP contribution in [0.25, 0.3) is 22.6 Å². The number of hydrogen-bond donors (Lipinski definition) is 1. The van der Waals surface area contributed by atoms with Crippen molar-refractivity contribution >= 4 is 5.78 Å². The second kappa shape index (κ2) is 9.02. The molecule has 2 aromatic carbocycles. The molecule has 0 radical (unpaired) electrons. The maximum atomic E-state index is 12.5. The number of hydrogen-bond acceptors (Lipinski definition) is 4. The third kappa shape index (κ3) is 4.13. The molecule has 0 aliphatic heterocycles. The number of carbonyl (C=O) groups is 1. The van der Waals surface area contributed by atoms with Crippen LogP contribution < -0.4 is 0 Å².